The van der Waals surface area contributed by atoms with Crippen molar-refractivity contribution >= 4 is 23.4 Å². The normalized spacial score (nSPS) is 19.6. The zero-order chi connectivity index (χ0) is 21.0. The van der Waals surface area contributed by atoms with E-state index in [1.54, 1.807) is 26.0 Å². The molecule has 29 heavy (non-hydrogen) atoms. The molecule has 4 N–H and O–H groups in total. The van der Waals surface area contributed by atoms with Gasteiger partial charge in [0, 0.05) is 23.7 Å². The molecule has 2 aromatic carbocycles. The van der Waals surface area contributed by atoms with Gasteiger partial charge >= 0.3 is 0 Å². The molecule has 6 nitrogen and oxygen atoms in total. The highest BCUT2D eigenvalue weighted by molar-refractivity contribution is 6.30. The van der Waals surface area contributed by atoms with Gasteiger partial charge in [-0.05, 0) is 49.4 Å². The number of aromatic hydroxyl groups is 1. The predicted molar refractivity (Wildman–Crippen MR) is 113 cm³/mol. The van der Waals surface area contributed by atoms with E-state index < -0.39 is 6.04 Å². The second-order valence-electron chi connectivity index (χ2n) is 7.48. The summed E-state index contributed by atoms with van der Waals surface area (Å²) in [6.45, 7) is 4.24. The van der Waals surface area contributed by atoms with Gasteiger partial charge in [0.05, 0.1) is 6.04 Å². The summed E-state index contributed by atoms with van der Waals surface area (Å²) in [5, 5.41) is 19.3. The van der Waals surface area contributed by atoms with E-state index in [1.807, 2.05) is 18.2 Å². The Bertz CT molecular complexity index is 888. The van der Waals surface area contributed by atoms with Crippen LogP contribution in [0.5, 0.6) is 5.75 Å². The molecule has 1 aliphatic rings. The Morgan fingerprint density at radius 3 is 2.72 bits per heavy atom. The lowest BCUT2D eigenvalue weighted by Crippen LogP contribution is -2.49. The van der Waals surface area contributed by atoms with Crippen molar-refractivity contribution in [2.75, 3.05) is 6.54 Å². The van der Waals surface area contributed by atoms with Gasteiger partial charge in [0.1, 0.15) is 11.8 Å². The Morgan fingerprint density at radius 1 is 1.28 bits per heavy atom. The van der Waals surface area contributed by atoms with E-state index in [4.69, 9.17) is 11.6 Å². The van der Waals surface area contributed by atoms with Crippen molar-refractivity contribution < 1.29 is 14.7 Å². The zero-order valence-electron chi connectivity index (χ0n) is 16.5. The molecule has 1 heterocycles. The number of phenolic OH excluding ortho intramolecular Hbond substituents is 1. The van der Waals surface area contributed by atoms with Gasteiger partial charge in [0.2, 0.25) is 11.8 Å². The Balaban J connectivity index is 1.50. The largest absolute Gasteiger partial charge is 0.507 e. The van der Waals surface area contributed by atoms with E-state index in [1.165, 1.54) is 5.56 Å². The molecule has 1 fully saturated rings. The molecule has 7 heteroatoms. The van der Waals surface area contributed by atoms with Crippen LogP contribution in [0.25, 0.3) is 0 Å². The monoisotopic (exact) mass is 415 g/mol. The average Bonchev–Trinajstić information content (AvgIpc) is 3.20. The molecule has 3 rings (SSSR count). The molecule has 1 saturated heterocycles. The van der Waals surface area contributed by atoms with Gasteiger partial charge in [-0.2, -0.15) is 0 Å². The number of aryl methyl sites for hydroxylation is 1. The Labute approximate surface area is 175 Å². The van der Waals surface area contributed by atoms with Crippen molar-refractivity contribution in [1.29, 1.82) is 0 Å². The average molecular weight is 416 g/mol. The number of hydrogen-bond acceptors (Lipinski definition) is 4. The van der Waals surface area contributed by atoms with E-state index in [-0.39, 0.29) is 36.1 Å². The quantitative estimate of drug-likeness (QED) is 0.583. The molecule has 0 bridgehead atoms. The predicted octanol–water partition coefficient (Wildman–Crippen LogP) is 2.62. The Kier molecular flexibility index (Phi) is 6.77. The summed E-state index contributed by atoms with van der Waals surface area (Å²) in [5.74, 6) is -0.126. The van der Waals surface area contributed by atoms with Crippen LogP contribution >= 0.6 is 11.6 Å². The molecule has 3 atom stereocenters. The molecule has 0 aromatic heterocycles. The molecule has 0 unspecified atom stereocenters. The molecule has 154 valence electrons. The van der Waals surface area contributed by atoms with Gasteiger partial charge < -0.3 is 21.1 Å². The minimum atomic E-state index is -0.692. The number of carbonyl (C=O) groups is 2. The smallest absolute Gasteiger partial charge is 0.242 e. The topological polar surface area (TPSA) is 90.5 Å². The van der Waals surface area contributed by atoms with Gasteiger partial charge in [-0.15, -0.1) is 0 Å². The van der Waals surface area contributed by atoms with Crippen molar-refractivity contribution in [3.05, 3.63) is 64.2 Å². The van der Waals surface area contributed by atoms with Crippen molar-refractivity contribution in [3.63, 3.8) is 0 Å². The number of nitrogens with one attached hydrogen (secondary N) is 3. The highest BCUT2D eigenvalue weighted by Crippen LogP contribution is 2.27. The van der Waals surface area contributed by atoms with E-state index in [0.717, 1.165) is 6.54 Å². The highest BCUT2D eigenvalue weighted by Gasteiger charge is 2.31. The highest BCUT2D eigenvalue weighted by atomic mass is 35.5. The molecule has 0 aliphatic carbocycles. The fourth-order valence-corrected chi connectivity index (χ4v) is 3.86. The first kappa shape index (κ1) is 21.1. The van der Waals surface area contributed by atoms with Crippen LogP contribution in [0.1, 0.15) is 36.0 Å². The zero-order valence-corrected chi connectivity index (χ0v) is 17.3. The van der Waals surface area contributed by atoms with Crippen LogP contribution in [0.3, 0.4) is 0 Å². The van der Waals surface area contributed by atoms with Gasteiger partial charge in [-0.1, -0.05) is 41.9 Å². The summed E-state index contributed by atoms with van der Waals surface area (Å²) in [5.41, 5.74) is 2.38. The number of hydrogen-bond donors (Lipinski definition) is 4. The maximum atomic E-state index is 12.5. The van der Waals surface area contributed by atoms with E-state index in [2.05, 4.69) is 28.1 Å². The molecular weight excluding hydrogens is 390 g/mol. The van der Waals surface area contributed by atoms with Crippen LogP contribution in [0, 0.1) is 6.92 Å². The molecule has 2 aromatic rings. The van der Waals surface area contributed by atoms with E-state index in [0.29, 0.717) is 22.6 Å². The molecular formula is C22H26ClN3O3. The van der Waals surface area contributed by atoms with Crippen molar-refractivity contribution in [1.82, 2.24) is 16.0 Å². The maximum absolute atomic E-state index is 12.5. The number of rotatable bonds is 6. The van der Waals surface area contributed by atoms with Crippen LogP contribution in [0.2, 0.25) is 5.02 Å². The van der Waals surface area contributed by atoms with Crippen molar-refractivity contribution in [3.8, 4) is 5.75 Å². The minimum Gasteiger partial charge on any atom is -0.507 e. The Hall–Kier alpha value is -2.57. The lowest BCUT2D eigenvalue weighted by atomic mass is 9.96. The first-order valence-electron chi connectivity index (χ1n) is 9.69. The summed E-state index contributed by atoms with van der Waals surface area (Å²) >= 11 is 6.01. The van der Waals surface area contributed by atoms with Crippen LogP contribution in [0.15, 0.2) is 42.5 Å². The molecule has 0 radical (unpaired) electrons. The summed E-state index contributed by atoms with van der Waals surface area (Å²) in [7, 11) is 0. The molecule has 1 aliphatic heterocycles. The fourth-order valence-electron chi connectivity index (χ4n) is 3.57. The first-order valence-corrected chi connectivity index (χ1v) is 10.1. The third-order valence-electron chi connectivity index (χ3n) is 5.27. The Morgan fingerprint density at radius 2 is 2.00 bits per heavy atom. The molecule has 0 spiro atoms. The van der Waals surface area contributed by atoms with Gasteiger partial charge in [0.15, 0.2) is 0 Å². The van der Waals surface area contributed by atoms with E-state index >= 15 is 0 Å². The molecule has 2 amide bonds. The number of benzene rings is 2. The summed E-state index contributed by atoms with van der Waals surface area (Å²) in [6.07, 6.45) is 0.694. The van der Waals surface area contributed by atoms with Crippen molar-refractivity contribution in [2.45, 2.75) is 44.8 Å². The number of amides is 2. The lowest BCUT2D eigenvalue weighted by Gasteiger charge is -2.18. The van der Waals surface area contributed by atoms with Gasteiger partial charge in [0.25, 0.3) is 0 Å². The van der Waals surface area contributed by atoms with Crippen molar-refractivity contribution in [2.24, 2.45) is 0 Å². The number of halogens is 1. The number of phenols is 1. The standard InChI is InChI=1S/C22H26ClN3O3/c1-13-8-18(23)9-17(20(13)27)12-25-21(28)14(2)26-22(29)19-10-16(11-24-19)15-6-4-3-5-7-15/h3-9,14,16,19,24,27H,10-12H2,1-2H3,(H,25,28)(H,26,29)/t14-,16-,19+/m0/s1. The van der Waals surface area contributed by atoms with Crippen LogP contribution in [-0.2, 0) is 16.1 Å². The third kappa shape index (κ3) is 5.28. The summed E-state index contributed by atoms with van der Waals surface area (Å²) in [4.78, 5) is 24.9. The third-order valence-corrected chi connectivity index (χ3v) is 5.49. The van der Waals surface area contributed by atoms with Gasteiger partial charge in [-0.25, -0.2) is 0 Å². The van der Waals surface area contributed by atoms with Crippen LogP contribution in [-0.4, -0.2) is 35.5 Å². The molecule has 0 saturated carbocycles. The second kappa shape index (κ2) is 9.29. The van der Waals surface area contributed by atoms with Crippen LogP contribution in [0.4, 0.5) is 0 Å². The van der Waals surface area contributed by atoms with Crippen LogP contribution < -0.4 is 16.0 Å². The minimum absolute atomic E-state index is 0.105. The summed E-state index contributed by atoms with van der Waals surface area (Å²) < 4.78 is 0. The van der Waals surface area contributed by atoms with E-state index in [9.17, 15) is 14.7 Å². The summed E-state index contributed by atoms with van der Waals surface area (Å²) in [6, 6.07) is 12.3. The first-order chi connectivity index (χ1) is 13.8. The second-order valence-corrected chi connectivity index (χ2v) is 7.92. The number of carbonyl (C=O) groups excluding carboxylic acids is 2. The van der Waals surface area contributed by atoms with Gasteiger partial charge in [-0.3, -0.25) is 9.59 Å². The lowest BCUT2D eigenvalue weighted by molar-refractivity contribution is -0.129. The SMILES string of the molecule is Cc1cc(Cl)cc(CNC(=O)[C@H](C)NC(=O)[C@H]2C[C@H](c3ccccc3)CN2)c1O. The maximum Gasteiger partial charge on any atom is 0.242 e. The fraction of sp³-hybridized carbons (Fsp3) is 0.364.